The Morgan fingerprint density at radius 3 is 2.33 bits per heavy atom. The van der Waals surface area contributed by atoms with Gasteiger partial charge in [0, 0.05) is 51.1 Å². The second-order valence-electron chi connectivity index (χ2n) is 10.1. The zero-order chi connectivity index (χ0) is 19.7. The van der Waals surface area contributed by atoms with Gasteiger partial charge < -0.3 is 14.5 Å². The Morgan fingerprint density at radius 2 is 1.70 bits per heavy atom. The smallest absolute Gasteiger partial charge is 0.409 e. The highest BCUT2D eigenvalue weighted by Crippen LogP contribution is 2.40. The molecule has 3 saturated heterocycles. The summed E-state index contributed by atoms with van der Waals surface area (Å²) < 4.78 is 5.56. The van der Waals surface area contributed by atoms with Crippen molar-refractivity contribution < 1.29 is 14.3 Å². The predicted octanol–water partition coefficient (Wildman–Crippen LogP) is 2.97. The minimum atomic E-state index is -0.141. The molecular formula is C21H37N3O3. The molecule has 0 saturated carbocycles. The molecule has 0 aromatic heterocycles. The summed E-state index contributed by atoms with van der Waals surface area (Å²) in [5.74, 6) is 0.197. The molecule has 0 aromatic rings. The minimum absolute atomic E-state index is 0.00201. The fourth-order valence-corrected chi connectivity index (χ4v) is 4.89. The van der Waals surface area contributed by atoms with Gasteiger partial charge in [-0.05, 0) is 44.1 Å². The van der Waals surface area contributed by atoms with E-state index in [1.54, 1.807) is 6.92 Å². The maximum Gasteiger partial charge on any atom is 0.409 e. The second-order valence-corrected chi connectivity index (χ2v) is 10.1. The molecule has 2 amide bonds. The van der Waals surface area contributed by atoms with E-state index in [9.17, 15) is 9.59 Å². The van der Waals surface area contributed by atoms with E-state index < -0.39 is 0 Å². The van der Waals surface area contributed by atoms with Gasteiger partial charge in [0.05, 0.1) is 6.61 Å². The van der Waals surface area contributed by atoms with Crippen molar-refractivity contribution in [3.8, 4) is 0 Å². The lowest BCUT2D eigenvalue weighted by Gasteiger charge is -2.41. The fourth-order valence-electron chi connectivity index (χ4n) is 4.89. The molecule has 3 fully saturated rings. The first kappa shape index (κ1) is 20.4. The molecule has 0 aliphatic carbocycles. The molecule has 3 aliphatic heterocycles. The Morgan fingerprint density at radius 1 is 1.00 bits per heavy atom. The molecule has 3 rings (SSSR count). The molecule has 1 unspecified atom stereocenters. The Labute approximate surface area is 164 Å². The van der Waals surface area contributed by atoms with Crippen LogP contribution in [-0.2, 0) is 9.53 Å². The van der Waals surface area contributed by atoms with E-state index in [0.717, 1.165) is 58.5 Å². The Balaban J connectivity index is 1.52. The van der Waals surface area contributed by atoms with E-state index in [1.807, 2.05) is 9.80 Å². The summed E-state index contributed by atoms with van der Waals surface area (Å²) in [5, 5.41) is 0. The van der Waals surface area contributed by atoms with Gasteiger partial charge >= 0.3 is 6.09 Å². The first-order valence-corrected chi connectivity index (χ1v) is 10.6. The number of hydrogen-bond acceptors (Lipinski definition) is 4. The van der Waals surface area contributed by atoms with Crippen molar-refractivity contribution in [3.05, 3.63) is 0 Å². The van der Waals surface area contributed by atoms with Crippen LogP contribution in [0.15, 0.2) is 0 Å². The van der Waals surface area contributed by atoms with Crippen molar-refractivity contribution in [2.24, 2.45) is 10.8 Å². The summed E-state index contributed by atoms with van der Waals surface area (Å²) in [6, 6.07) is 0.586. The van der Waals surface area contributed by atoms with Crippen LogP contribution in [-0.4, -0.2) is 78.6 Å². The highest BCUT2D eigenvalue weighted by molar-refractivity contribution is 5.73. The molecule has 0 aromatic carbocycles. The van der Waals surface area contributed by atoms with Crippen LogP contribution in [0, 0.1) is 10.8 Å². The number of hydrogen-bond donors (Lipinski definition) is 0. The molecule has 6 nitrogen and oxygen atoms in total. The van der Waals surface area contributed by atoms with Crippen LogP contribution in [0.1, 0.15) is 59.8 Å². The Kier molecular flexibility index (Phi) is 6.04. The summed E-state index contributed by atoms with van der Waals surface area (Å²) in [6.45, 7) is 14.0. The van der Waals surface area contributed by atoms with Gasteiger partial charge in [-0.3, -0.25) is 9.69 Å². The SMILES string of the molecule is CC(=O)N1CCC(N2CCC3(CCCN(C(=O)OCC(C)(C)C)C3)C2)CC1. The number of ether oxygens (including phenoxy) is 1. The zero-order valence-electron chi connectivity index (χ0n) is 17.6. The van der Waals surface area contributed by atoms with E-state index in [4.69, 9.17) is 4.74 Å². The fraction of sp³-hybridized carbons (Fsp3) is 0.905. The van der Waals surface area contributed by atoms with Crippen LogP contribution in [0.5, 0.6) is 0 Å². The van der Waals surface area contributed by atoms with Crippen LogP contribution in [0.25, 0.3) is 0 Å². The van der Waals surface area contributed by atoms with E-state index in [0.29, 0.717) is 12.6 Å². The third-order valence-corrected chi connectivity index (χ3v) is 6.44. The lowest BCUT2D eigenvalue weighted by Crippen LogP contribution is -2.50. The van der Waals surface area contributed by atoms with Crippen LogP contribution in [0.3, 0.4) is 0 Å². The normalized spacial score (nSPS) is 28.0. The molecule has 1 spiro atoms. The lowest BCUT2D eigenvalue weighted by molar-refractivity contribution is -0.130. The molecule has 0 radical (unpaired) electrons. The minimum Gasteiger partial charge on any atom is -0.449 e. The van der Waals surface area contributed by atoms with Crippen LogP contribution < -0.4 is 0 Å². The number of carbonyl (C=O) groups excluding carboxylic acids is 2. The number of amides is 2. The van der Waals surface area contributed by atoms with Crippen LogP contribution in [0.2, 0.25) is 0 Å². The monoisotopic (exact) mass is 379 g/mol. The number of piperidine rings is 2. The Bertz CT molecular complexity index is 551. The highest BCUT2D eigenvalue weighted by Gasteiger charge is 2.44. The van der Waals surface area contributed by atoms with Gasteiger partial charge in [-0.2, -0.15) is 0 Å². The molecule has 154 valence electrons. The first-order valence-electron chi connectivity index (χ1n) is 10.6. The van der Waals surface area contributed by atoms with E-state index in [-0.39, 0.29) is 22.8 Å². The quantitative estimate of drug-likeness (QED) is 0.740. The largest absolute Gasteiger partial charge is 0.449 e. The third kappa shape index (κ3) is 5.15. The van der Waals surface area contributed by atoms with Gasteiger partial charge in [0.1, 0.15) is 0 Å². The Hall–Kier alpha value is -1.30. The summed E-state index contributed by atoms with van der Waals surface area (Å²) in [4.78, 5) is 30.6. The summed E-state index contributed by atoms with van der Waals surface area (Å²) >= 11 is 0. The summed E-state index contributed by atoms with van der Waals surface area (Å²) in [5.41, 5.74) is 0.235. The summed E-state index contributed by atoms with van der Waals surface area (Å²) in [7, 11) is 0. The number of carbonyl (C=O) groups is 2. The maximum atomic E-state index is 12.5. The van der Waals surface area contributed by atoms with Crippen molar-refractivity contribution in [1.82, 2.24) is 14.7 Å². The van der Waals surface area contributed by atoms with Gasteiger partial charge in [0.15, 0.2) is 0 Å². The van der Waals surface area contributed by atoms with Crippen molar-refractivity contribution in [1.29, 1.82) is 0 Å². The van der Waals surface area contributed by atoms with E-state index in [1.165, 1.54) is 12.8 Å². The van der Waals surface area contributed by atoms with Crippen LogP contribution >= 0.6 is 0 Å². The first-order chi connectivity index (χ1) is 12.7. The number of nitrogens with zero attached hydrogens (tertiary/aromatic N) is 3. The number of rotatable bonds is 2. The standard InChI is InChI=1S/C21H37N3O3/c1-17(25)22-11-6-18(7-12-22)23-13-9-21(14-23)8-5-10-24(15-21)19(26)27-16-20(2,3)4/h18H,5-16H2,1-4H3. The average Bonchev–Trinajstić information content (AvgIpc) is 3.02. The van der Waals surface area contributed by atoms with Gasteiger partial charge in [-0.15, -0.1) is 0 Å². The van der Waals surface area contributed by atoms with Gasteiger partial charge in [0.25, 0.3) is 0 Å². The molecule has 0 bridgehead atoms. The summed E-state index contributed by atoms with van der Waals surface area (Å²) in [6.07, 6.45) is 5.46. The lowest BCUT2D eigenvalue weighted by atomic mass is 9.79. The average molecular weight is 380 g/mol. The van der Waals surface area contributed by atoms with Gasteiger partial charge in [-0.1, -0.05) is 20.8 Å². The van der Waals surface area contributed by atoms with E-state index in [2.05, 4.69) is 25.7 Å². The van der Waals surface area contributed by atoms with Crippen molar-refractivity contribution >= 4 is 12.0 Å². The van der Waals surface area contributed by atoms with Crippen molar-refractivity contribution in [3.63, 3.8) is 0 Å². The second kappa shape index (κ2) is 7.98. The van der Waals surface area contributed by atoms with Crippen molar-refractivity contribution in [2.45, 2.75) is 65.8 Å². The molecule has 27 heavy (non-hydrogen) atoms. The molecular weight excluding hydrogens is 342 g/mol. The molecule has 3 aliphatic rings. The molecule has 3 heterocycles. The molecule has 0 N–H and O–H groups in total. The molecule has 1 atom stereocenters. The van der Waals surface area contributed by atoms with E-state index >= 15 is 0 Å². The molecule has 6 heteroatoms. The van der Waals surface area contributed by atoms with Gasteiger partial charge in [-0.25, -0.2) is 4.79 Å². The van der Waals surface area contributed by atoms with Gasteiger partial charge in [0.2, 0.25) is 5.91 Å². The topological polar surface area (TPSA) is 53.1 Å². The third-order valence-electron chi connectivity index (χ3n) is 6.44. The maximum absolute atomic E-state index is 12.5. The predicted molar refractivity (Wildman–Crippen MR) is 106 cm³/mol. The number of likely N-dealkylation sites (tertiary alicyclic amines) is 3. The van der Waals surface area contributed by atoms with Crippen molar-refractivity contribution in [2.75, 3.05) is 45.9 Å². The highest BCUT2D eigenvalue weighted by atomic mass is 16.6. The zero-order valence-corrected chi connectivity index (χ0v) is 17.6. The van der Waals surface area contributed by atoms with Crippen LogP contribution in [0.4, 0.5) is 4.79 Å².